The molecule has 1 aliphatic heterocycles. The Hall–Kier alpha value is -0.780. The van der Waals surface area contributed by atoms with E-state index >= 15 is 0 Å². The van der Waals surface area contributed by atoms with Crippen molar-refractivity contribution in [2.24, 2.45) is 0 Å². The Labute approximate surface area is 129 Å². The van der Waals surface area contributed by atoms with Crippen LogP contribution in [0.25, 0.3) is 0 Å². The average Bonchev–Trinajstić information content (AvgIpc) is 2.93. The summed E-state index contributed by atoms with van der Waals surface area (Å²) in [4.78, 5) is 4.82. The van der Waals surface area contributed by atoms with Gasteiger partial charge in [-0.25, -0.2) is 0 Å². The predicted octanol–water partition coefficient (Wildman–Crippen LogP) is 2.69. The zero-order valence-corrected chi connectivity index (χ0v) is 13.8. The summed E-state index contributed by atoms with van der Waals surface area (Å²) in [7, 11) is 3.70. The van der Waals surface area contributed by atoms with Crippen molar-refractivity contribution in [2.75, 3.05) is 40.3 Å². The smallest absolute Gasteiger partial charge is 0.172 e. The van der Waals surface area contributed by atoms with E-state index < -0.39 is 0 Å². The highest BCUT2D eigenvalue weighted by Crippen LogP contribution is 2.35. The molecule has 1 heterocycles. The monoisotopic (exact) mass is 342 g/mol. The van der Waals surface area contributed by atoms with Gasteiger partial charge in [0, 0.05) is 19.6 Å². The minimum absolute atomic E-state index is 0.163. The van der Waals surface area contributed by atoms with Gasteiger partial charge in [-0.15, -0.1) is 0 Å². The van der Waals surface area contributed by atoms with Gasteiger partial charge in [-0.05, 0) is 66.6 Å². The third-order valence-corrected chi connectivity index (χ3v) is 4.36. The molecule has 2 rings (SSSR count). The number of nitrogens with zero attached hydrogens (tertiary/aromatic N) is 2. The van der Waals surface area contributed by atoms with Crippen LogP contribution in [0.2, 0.25) is 0 Å². The maximum Gasteiger partial charge on any atom is 0.172 e. The lowest BCUT2D eigenvalue weighted by Gasteiger charge is -2.21. The summed E-state index contributed by atoms with van der Waals surface area (Å²) in [6, 6.07) is 3.84. The van der Waals surface area contributed by atoms with Gasteiger partial charge in [-0.1, -0.05) is 0 Å². The van der Waals surface area contributed by atoms with Crippen molar-refractivity contribution in [3.05, 3.63) is 22.2 Å². The Balaban J connectivity index is 1.89. The SMILES string of the molecule is COc1cc(CN(C)CCN2CCCC2)cc(Br)c1O. The first-order valence-electron chi connectivity index (χ1n) is 7.06. The van der Waals surface area contributed by atoms with Gasteiger partial charge in [0.05, 0.1) is 11.6 Å². The number of rotatable bonds is 6. The molecule has 1 fully saturated rings. The molecule has 1 aromatic carbocycles. The molecule has 1 N–H and O–H groups in total. The van der Waals surface area contributed by atoms with E-state index in [0.717, 1.165) is 25.2 Å². The number of methoxy groups -OCH3 is 1. The standard InChI is InChI=1S/C15H23BrN2O2/c1-17(7-8-18-5-3-4-6-18)11-12-9-13(16)15(19)14(10-12)20-2/h9-10,19H,3-8,11H2,1-2H3. The lowest BCUT2D eigenvalue weighted by atomic mass is 10.2. The fraction of sp³-hybridized carbons (Fsp3) is 0.600. The van der Waals surface area contributed by atoms with Crippen molar-refractivity contribution in [3.63, 3.8) is 0 Å². The van der Waals surface area contributed by atoms with Gasteiger partial charge in [0.2, 0.25) is 0 Å². The van der Waals surface area contributed by atoms with Crippen LogP contribution in [0.4, 0.5) is 0 Å². The molecule has 112 valence electrons. The van der Waals surface area contributed by atoms with Crippen molar-refractivity contribution in [1.82, 2.24) is 9.80 Å². The van der Waals surface area contributed by atoms with Gasteiger partial charge >= 0.3 is 0 Å². The van der Waals surface area contributed by atoms with Gasteiger partial charge in [-0.3, -0.25) is 0 Å². The minimum atomic E-state index is 0.163. The van der Waals surface area contributed by atoms with Crippen molar-refractivity contribution >= 4 is 15.9 Å². The molecule has 0 saturated carbocycles. The third kappa shape index (κ3) is 4.11. The molecule has 0 aliphatic carbocycles. The van der Waals surface area contributed by atoms with Crippen molar-refractivity contribution in [2.45, 2.75) is 19.4 Å². The first-order valence-corrected chi connectivity index (χ1v) is 7.85. The molecular formula is C15H23BrN2O2. The fourth-order valence-electron chi connectivity index (χ4n) is 2.58. The van der Waals surface area contributed by atoms with Gasteiger partial charge in [0.1, 0.15) is 0 Å². The maximum atomic E-state index is 9.81. The summed E-state index contributed by atoms with van der Waals surface area (Å²) < 4.78 is 5.86. The highest BCUT2D eigenvalue weighted by Gasteiger charge is 2.13. The number of phenols is 1. The molecule has 0 amide bonds. The van der Waals surface area contributed by atoms with Crippen LogP contribution in [0.5, 0.6) is 11.5 Å². The van der Waals surface area contributed by atoms with Crippen LogP contribution in [-0.2, 0) is 6.54 Å². The Bertz CT molecular complexity index is 448. The number of hydrogen-bond acceptors (Lipinski definition) is 4. The molecule has 1 saturated heterocycles. The van der Waals surface area contributed by atoms with Crippen LogP contribution in [0.1, 0.15) is 18.4 Å². The Morgan fingerprint density at radius 2 is 2.05 bits per heavy atom. The third-order valence-electron chi connectivity index (χ3n) is 3.76. The Morgan fingerprint density at radius 1 is 1.35 bits per heavy atom. The Morgan fingerprint density at radius 3 is 2.70 bits per heavy atom. The average molecular weight is 343 g/mol. The highest BCUT2D eigenvalue weighted by atomic mass is 79.9. The van der Waals surface area contributed by atoms with Crippen LogP contribution in [0.3, 0.4) is 0 Å². The number of likely N-dealkylation sites (tertiary alicyclic amines) is 1. The zero-order chi connectivity index (χ0) is 14.5. The van der Waals surface area contributed by atoms with E-state index in [1.54, 1.807) is 7.11 Å². The molecule has 0 unspecified atom stereocenters. The van der Waals surface area contributed by atoms with E-state index in [0.29, 0.717) is 10.2 Å². The summed E-state index contributed by atoms with van der Waals surface area (Å²) in [5, 5.41) is 9.81. The molecule has 20 heavy (non-hydrogen) atoms. The number of ether oxygens (including phenoxy) is 1. The number of phenolic OH excluding ortho intramolecular Hbond substituents is 1. The molecule has 0 aromatic heterocycles. The van der Waals surface area contributed by atoms with Gasteiger partial charge in [-0.2, -0.15) is 0 Å². The highest BCUT2D eigenvalue weighted by molar-refractivity contribution is 9.10. The van der Waals surface area contributed by atoms with E-state index in [-0.39, 0.29) is 5.75 Å². The molecule has 0 bridgehead atoms. The van der Waals surface area contributed by atoms with E-state index in [1.807, 2.05) is 12.1 Å². The molecule has 1 aliphatic rings. The van der Waals surface area contributed by atoms with Gasteiger partial charge in [0.25, 0.3) is 0 Å². The normalized spacial score (nSPS) is 16.0. The second-order valence-electron chi connectivity index (χ2n) is 5.42. The molecular weight excluding hydrogens is 320 g/mol. The van der Waals surface area contributed by atoms with Crippen LogP contribution in [0, 0.1) is 0 Å². The largest absolute Gasteiger partial charge is 0.503 e. The van der Waals surface area contributed by atoms with E-state index in [9.17, 15) is 5.11 Å². The molecule has 0 radical (unpaired) electrons. The molecule has 1 aromatic rings. The molecule has 5 heteroatoms. The lowest BCUT2D eigenvalue weighted by Crippen LogP contribution is -2.31. The van der Waals surface area contributed by atoms with E-state index in [1.165, 1.54) is 25.9 Å². The van der Waals surface area contributed by atoms with Crippen molar-refractivity contribution in [3.8, 4) is 11.5 Å². The van der Waals surface area contributed by atoms with Crippen LogP contribution in [-0.4, -0.2) is 55.2 Å². The fourth-order valence-corrected chi connectivity index (χ4v) is 3.07. The van der Waals surface area contributed by atoms with Crippen LogP contribution in [0.15, 0.2) is 16.6 Å². The summed E-state index contributed by atoms with van der Waals surface area (Å²) in [6.45, 7) is 5.52. The summed E-state index contributed by atoms with van der Waals surface area (Å²) in [6.07, 6.45) is 2.68. The maximum absolute atomic E-state index is 9.81. The van der Waals surface area contributed by atoms with Crippen molar-refractivity contribution in [1.29, 1.82) is 0 Å². The molecule has 0 spiro atoms. The first kappa shape index (κ1) is 15.6. The first-order chi connectivity index (χ1) is 9.60. The number of likely N-dealkylation sites (N-methyl/N-ethyl adjacent to an activating group) is 1. The molecule has 4 nitrogen and oxygen atoms in total. The predicted molar refractivity (Wildman–Crippen MR) is 84.4 cm³/mol. The topological polar surface area (TPSA) is 35.9 Å². The summed E-state index contributed by atoms with van der Waals surface area (Å²) in [5.74, 6) is 0.679. The molecule has 0 atom stereocenters. The van der Waals surface area contributed by atoms with Crippen molar-refractivity contribution < 1.29 is 9.84 Å². The summed E-state index contributed by atoms with van der Waals surface area (Å²) in [5.41, 5.74) is 1.13. The van der Waals surface area contributed by atoms with E-state index in [2.05, 4.69) is 32.8 Å². The summed E-state index contributed by atoms with van der Waals surface area (Å²) >= 11 is 3.36. The number of hydrogen-bond donors (Lipinski definition) is 1. The number of aromatic hydroxyl groups is 1. The minimum Gasteiger partial charge on any atom is -0.503 e. The van der Waals surface area contributed by atoms with Gasteiger partial charge < -0.3 is 19.6 Å². The quantitative estimate of drug-likeness (QED) is 0.862. The number of benzene rings is 1. The lowest BCUT2D eigenvalue weighted by molar-refractivity contribution is 0.252. The van der Waals surface area contributed by atoms with Gasteiger partial charge in [0.15, 0.2) is 11.5 Å². The Kier molecular flexibility index (Phi) is 5.69. The van der Waals surface area contributed by atoms with Crippen LogP contribution >= 0.6 is 15.9 Å². The second-order valence-corrected chi connectivity index (χ2v) is 6.27. The van der Waals surface area contributed by atoms with E-state index in [4.69, 9.17) is 4.74 Å². The van der Waals surface area contributed by atoms with Crippen LogP contribution < -0.4 is 4.74 Å². The zero-order valence-electron chi connectivity index (χ0n) is 12.2. The number of halogens is 1. The second kappa shape index (κ2) is 7.29.